The molecule has 0 aliphatic heterocycles. The topological polar surface area (TPSA) is 29.5 Å². The van der Waals surface area contributed by atoms with Crippen molar-refractivity contribution in [3.8, 4) is 5.75 Å². The number of aliphatic hydroxyl groups excluding tert-OH is 1. The van der Waals surface area contributed by atoms with Crippen LogP contribution in [-0.2, 0) is 0 Å². The third-order valence-corrected chi connectivity index (χ3v) is 10.00. The van der Waals surface area contributed by atoms with Crippen molar-refractivity contribution in [2.75, 3.05) is 85.6 Å². The van der Waals surface area contributed by atoms with Gasteiger partial charge in [0.15, 0.2) is 0 Å². The summed E-state index contributed by atoms with van der Waals surface area (Å²) in [6.45, 7) is 33.9. The molecule has 0 bridgehead atoms. The fourth-order valence-corrected chi connectivity index (χ4v) is 6.57. The van der Waals surface area contributed by atoms with Crippen LogP contribution in [0.5, 0.6) is 5.75 Å². The lowest BCUT2D eigenvalue weighted by atomic mass is 9.74. The quantitative estimate of drug-likeness (QED) is 0.279. The first-order chi connectivity index (χ1) is 16.6. The number of ether oxygens (including phenoxy) is 1. The first-order valence-corrected chi connectivity index (χ1v) is 14.5. The summed E-state index contributed by atoms with van der Waals surface area (Å²) in [5.74, 6) is 0.842. The van der Waals surface area contributed by atoms with E-state index in [0.717, 1.165) is 103 Å². The monoisotopic (exact) mass is 494 g/mol. The van der Waals surface area contributed by atoms with Gasteiger partial charge >= 0.3 is 0 Å². The molecular weight excluding hydrogens is 434 g/mol. The molecule has 0 radical (unpaired) electrons. The van der Waals surface area contributed by atoms with Gasteiger partial charge in [0.05, 0.1) is 85.6 Å². The van der Waals surface area contributed by atoms with Gasteiger partial charge in [0.2, 0.25) is 0 Å². The average molecular weight is 495 g/mol. The van der Waals surface area contributed by atoms with Gasteiger partial charge in [0, 0.05) is 0 Å². The Kier molecular flexibility index (Phi) is 12.7. The molecule has 204 valence electrons. The molecule has 1 rings (SSSR count). The van der Waals surface area contributed by atoms with Gasteiger partial charge in [0.1, 0.15) is 17.3 Å². The summed E-state index contributed by atoms with van der Waals surface area (Å²) in [6.07, 6.45) is -0.528. The lowest BCUT2D eigenvalue weighted by Crippen LogP contribution is -2.68. The van der Waals surface area contributed by atoms with E-state index in [9.17, 15) is 5.11 Å². The molecule has 0 aliphatic carbocycles. The second-order valence-electron chi connectivity index (χ2n) is 10.9. The zero-order chi connectivity index (χ0) is 26.8. The van der Waals surface area contributed by atoms with E-state index in [2.05, 4.69) is 74.4 Å². The number of benzene rings is 1. The molecule has 0 aromatic heterocycles. The predicted molar refractivity (Wildman–Crippen MR) is 151 cm³/mol. The van der Waals surface area contributed by atoms with Crippen LogP contribution >= 0.6 is 0 Å². The van der Waals surface area contributed by atoms with Crippen molar-refractivity contribution in [2.45, 2.75) is 68.4 Å². The van der Waals surface area contributed by atoms with E-state index >= 15 is 0 Å². The molecule has 0 saturated heterocycles. The first kappa shape index (κ1) is 31.9. The number of methoxy groups -OCH3 is 1. The van der Waals surface area contributed by atoms with Gasteiger partial charge in [-0.3, -0.25) is 0 Å². The van der Waals surface area contributed by atoms with Crippen LogP contribution in [0.4, 0.5) is 0 Å². The van der Waals surface area contributed by atoms with Crippen LogP contribution in [0.15, 0.2) is 24.3 Å². The average Bonchev–Trinajstić information content (AvgIpc) is 2.93. The smallest absolute Gasteiger partial charge is 0.147 e. The Bertz CT molecular complexity index is 627. The summed E-state index contributed by atoms with van der Waals surface area (Å²) in [5, 5.41) is 12.5. The first-order valence-electron chi connectivity index (χ1n) is 14.5. The molecule has 5 heteroatoms. The van der Waals surface area contributed by atoms with E-state index in [4.69, 9.17) is 4.74 Å². The van der Waals surface area contributed by atoms with E-state index in [1.807, 2.05) is 12.1 Å². The van der Waals surface area contributed by atoms with Crippen LogP contribution in [0.3, 0.4) is 0 Å². The Morgan fingerprint density at radius 1 is 0.600 bits per heavy atom. The normalized spacial score (nSPS) is 14.3. The fraction of sp³-hybridized carbons (Fsp3) is 0.800. The van der Waals surface area contributed by atoms with Crippen molar-refractivity contribution in [1.82, 2.24) is 0 Å². The number of hydrogen-bond donors (Lipinski definition) is 1. The van der Waals surface area contributed by atoms with E-state index in [1.165, 1.54) is 0 Å². The highest BCUT2D eigenvalue weighted by atomic mass is 16.5. The number of rotatable bonds is 18. The third kappa shape index (κ3) is 7.21. The van der Waals surface area contributed by atoms with Gasteiger partial charge in [-0.25, -0.2) is 0 Å². The van der Waals surface area contributed by atoms with E-state index < -0.39 is 6.10 Å². The SMILES string of the molecule is CC[N+](CC)(CC)CC(C[N+](CC)(CC)CC)(C[N+](CC)(CC)CC)C(O)c1ccc(OC)cc1. The summed E-state index contributed by atoms with van der Waals surface area (Å²) >= 11 is 0. The Balaban J connectivity index is 3.91. The van der Waals surface area contributed by atoms with Gasteiger partial charge in [-0.05, 0) is 80.0 Å². The van der Waals surface area contributed by atoms with Crippen LogP contribution in [0, 0.1) is 5.41 Å². The Morgan fingerprint density at radius 2 is 0.886 bits per heavy atom. The van der Waals surface area contributed by atoms with Crippen molar-refractivity contribution in [3.05, 3.63) is 29.8 Å². The van der Waals surface area contributed by atoms with Gasteiger partial charge in [-0.15, -0.1) is 0 Å². The molecule has 1 N–H and O–H groups in total. The fourth-order valence-electron chi connectivity index (χ4n) is 6.57. The number of quaternary nitrogens is 3. The highest BCUT2D eigenvalue weighted by Crippen LogP contribution is 2.42. The molecule has 1 atom stereocenters. The minimum Gasteiger partial charge on any atom is -0.497 e. The standard InChI is InChI=1S/C30H60N3O2/c1-11-31(12-2,13-3)24-30(25-32(14-4,15-5)16-6,26-33(17-7,18-8)19-9)29(34)27-20-22-28(35-10)23-21-27/h20-23,29,34H,11-19,24-26H2,1-10H3/q+3. The van der Waals surface area contributed by atoms with Crippen LogP contribution in [0.25, 0.3) is 0 Å². The molecule has 0 aliphatic rings. The molecule has 0 heterocycles. The van der Waals surface area contributed by atoms with Crippen LogP contribution in [0.2, 0.25) is 0 Å². The lowest BCUT2D eigenvalue weighted by Gasteiger charge is -2.53. The van der Waals surface area contributed by atoms with Gasteiger partial charge in [0.25, 0.3) is 0 Å². The molecule has 0 fully saturated rings. The molecule has 0 amide bonds. The van der Waals surface area contributed by atoms with Gasteiger partial charge in [-0.1, -0.05) is 12.1 Å². The summed E-state index contributed by atoms with van der Waals surface area (Å²) in [5.41, 5.74) is 0.774. The van der Waals surface area contributed by atoms with Crippen LogP contribution < -0.4 is 4.74 Å². The van der Waals surface area contributed by atoms with E-state index in [0.29, 0.717) is 0 Å². The largest absolute Gasteiger partial charge is 0.497 e. The minimum atomic E-state index is -0.528. The molecule has 1 unspecified atom stereocenters. The Morgan fingerprint density at radius 3 is 1.11 bits per heavy atom. The minimum absolute atomic E-state index is 0.249. The zero-order valence-corrected chi connectivity index (χ0v) is 25.1. The van der Waals surface area contributed by atoms with Crippen LogP contribution in [-0.4, -0.2) is 104 Å². The zero-order valence-electron chi connectivity index (χ0n) is 25.1. The molecular formula is C30H60N3O2+3. The Hall–Kier alpha value is -1.14. The van der Waals surface area contributed by atoms with Crippen molar-refractivity contribution in [1.29, 1.82) is 0 Å². The maximum absolute atomic E-state index is 12.5. The van der Waals surface area contributed by atoms with Crippen molar-refractivity contribution in [3.63, 3.8) is 0 Å². The number of nitrogens with zero attached hydrogens (tertiary/aromatic N) is 3. The van der Waals surface area contributed by atoms with Crippen molar-refractivity contribution >= 4 is 0 Å². The number of aliphatic hydroxyl groups is 1. The number of hydrogen-bond acceptors (Lipinski definition) is 2. The molecule has 0 saturated carbocycles. The summed E-state index contributed by atoms with van der Waals surface area (Å²) < 4.78 is 8.57. The summed E-state index contributed by atoms with van der Waals surface area (Å²) in [4.78, 5) is 0. The second kappa shape index (κ2) is 14.0. The second-order valence-corrected chi connectivity index (χ2v) is 10.9. The summed E-state index contributed by atoms with van der Waals surface area (Å²) in [6, 6.07) is 8.20. The van der Waals surface area contributed by atoms with Gasteiger partial charge in [-0.2, -0.15) is 0 Å². The highest BCUT2D eigenvalue weighted by Gasteiger charge is 2.55. The summed E-state index contributed by atoms with van der Waals surface area (Å²) in [7, 11) is 1.70. The highest BCUT2D eigenvalue weighted by molar-refractivity contribution is 5.29. The maximum Gasteiger partial charge on any atom is 0.147 e. The lowest BCUT2D eigenvalue weighted by molar-refractivity contribution is -0.975. The molecule has 1 aromatic rings. The molecule has 35 heavy (non-hydrogen) atoms. The van der Waals surface area contributed by atoms with Crippen LogP contribution in [0.1, 0.15) is 74.0 Å². The Labute approximate surface area is 218 Å². The predicted octanol–water partition coefficient (Wildman–Crippen LogP) is 5.34. The van der Waals surface area contributed by atoms with Crippen molar-refractivity contribution < 1.29 is 23.3 Å². The molecule has 0 spiro atoms. The van der Waals surface area contributed by atoms with Crippen molar-refractivity contribution in [2.24, 2.45) is 5.41 Å². The maximum atomic E-state index is 12.5. The van der Waals surface area contributed by atoms with Gasteiger partial charge < -0.3 is 23.3 Å². The third-order valence-electron chi connectivity index (χ3n) is 10.00. The van der Waals surface area contributed by atoms with E-state index in [1.54, 1.807) is 7.11 Å². The molecule has 5 nitrogen and oxygen atoms in total. The molecule has 1 aromatic carbocycles. The van der Waals surface area contributed by atoms with E-state index in [-0.39, 0.29) is 5.41 Å².